The number of hydrogen-bond donors (Lipinski definition) is 0. The second-order valence-corrected chi connectivity index (χ2v) is 8.49. The molecule has 0 amide bonds. The molecule has 0 bridgehead atoms. The van der Waals surface area contributed by atoms with Gasteiger partial charge in [-0.05, 0) is 63.2 Å². The highest BCUT2D eigenvalue weighted by atomic mass is 16.5. The number of carbonyl (C=O) groups excluding carboxylic acids is 2. The van der Waals surface area contributed by atoms with E-state index in [1.165, 1.54) is 25.7 Å². The van der Waals surface area contributed by atoms with E-state index in [1.54, 1.807) is 0 Å². The third-order valence-electron chi connectivity index (χ3n) is 6.14. The molecule has 4 heteroatoms. The number of unbranched alkanes of at least 4 members (excludes halogenated alkanes) is 1. The van der Waals surface area contributed by atoms with Crippen LogP contribution in [-0.4, -0.2) is 24.1 Å². The van der Waals surface area contributed by atoms with Gasteiger partial charge in [-0.3, -0.25) is 9.59 Å². The van der Waals surface area contributed by atoms with Crippen molar-refractivity contribution in [2.24, 2.45) is 11.8 Å². The molecule has 0 aromatic heterocycles. The van der Waals surface area contributed by atoms with E-state index < -0.39 is 0 Å². The fourth-order valence-corrected chi connectivity index (χ4v) is 4.26. The molecule has 2 fully saturated rings. The van der Waals surface area contributed by atoms with Crippen molar-refractivity contribution in [3.05, 3.63) is 0 Å². The Balaban J connectivity index is 1.58. The molecule has 2 aliphatic carbocycles. The van der Waals surface area contributed by atoms with E-state index in [-0.39, 0.29) is 24.1 Å². The lowest BCUT2D eigenvalue weighted by Gasteiger charge is -2.22. The van der Waals surface area contributed by atoms with Crippen molar-refractivity contribution in [2.45, 2.75) is 116 Å². The second-order valence-electron chi connectivity index (χ2n) is 8.49. The fourth-order valence-electron chi connectivity index (χ4n) is 4.26. The van der Waals surface area contributed by atoms with Crippen molar-refractivity contribution in [3.8, 4) is 0 Å². The Morgan fingerprint density at radius 2 is 1.04 bits per heavy atom. The van der Waals surface area contributed by atoms with Crippen LogP contribution in [0.25, 0.3) is 0 Å². The lowest BCUT2D eigenvalue weighted by atomic mass is 9.99. The molecule has 0 spiro atoms. The van der Waals surface area contributed by atoms with Gasteiger partial charge in [0.25, 0.3) is 0 Å². The highest BCUT2D eigenvalue weighted by Gasteiger charge is 2.24. The Morgan fingerprint density at radius 3 is 1.46 bits per heavy atom. The predicted octanol–water partition coefficient (Wildman–Crippen LogP) is 5.57. The van der Waals surface area contributed by atoms with Crippen LogP contribution in [0.3, 0.4) is 0 Å². The maximum absolute atomic E-state index is 12.1. The van der Waals surface area contributed by atoms with E-state index in [9.17, 15) is 9.59 Å². The lowest BCUT2D eigenvalue weighted by Crippen LogP contribution is -2.24. The Bertz CT molecular complexity index is 394. The first-order chi connectivity index (χ1) is 12.6. The summed E-state index contributed by atoms with van der Waals surface area (Å²) < 4.78 is 11.4. The summed E-state index contributed by atoms with van der Waals surface area (Å²) in [5, 5.41) is 0. The summed E-state index contributed by atoms with van der Waals surface area (Å²) >= 11 is 0. The second kappa shape index (κ2) is 11.6. The smallest absolute Gasteiger partial charge is 0.306 e. The van der Waals surface area contributed by atoms with Gasteiger partial charge in [-0.2, -0.15) is 0 Å². The minimum Gasteiger partial charge on any atom is -0.462 e. The van der Waals surface area contributed by atoms with E-state index in [0.29, 0.717) is 37.5 Å². The molecule has 4 nitrogen and oxygen atoms in total. The minimum absolute atomic E-state index is 0.0895. The normalized spacial score (nSPS) is 30.1. The minimum atomic E-state index is -0.102. The monoisotopic (exact) mass is 366 g/mol. The first-order valence-electron chi connectivity index (χ1n) is 10.9. The van der Waals surface area contributed by atoms with Gasteiger partial charge in [-0.15, -0.1) is 0 Å². The van der Waals surface area contributed by atoms with Gasteiger partial charge in [0.15, 0.2) is 0 Å². The van der Waals surface area contributed by atoms with Crippen molar-refractivity contribution in [3.63, 3.8) is 0 Å². The molecule has 2 saturated carbocycles. The van der Waals surface area contributed by atoms with Gasteiger partial charge >= 0.3 is 11.9 Å². The average molecular weight is 367 g/mol. The number of ether oxygens (including phenoxy) is 2. The summed E-state index contributed by atoms with van der Waals surface area (Å²) in [6.07, 6.45) is 14.0. The molecule has 0 N–H and O–H groups in total. The zero-order valence-corrected chi connectivity index (χ0v) is 16.8. The quantitative estimate of drug-likeness (QED) is 0.336. The predicted molar refractivity (Wildman–Crippen MR) is 103 cm³/mol. The first-order valence-corrected chi connectivity index (χ1v) is 10.9. The lowest BCUT2D eigenvalue weighted by molar-refractivity contribution is -0.154. The van der Waals surface area contributed by atoms with Crippen molar-refractivity contribution in [2.75, 3.05) is 0 Å². The molecule has 0 aromatic rings. The number of esters is 2. The molecule has 4 atom stereocenters. The van der Waals surface area contributed by atoms with Crippen LogP contribution in [0.2, 0.25) is 0 Å². The molecular formula is C22H38O4. The van der Waals surface area contributed by atoms with Crippen molar-refractivity contribution >= 4 is 11.9 Å². The topological polar surface area (TPSA) is 52.6 Å². The van der Waals surface area contributed by atoms with Crippen LogP contribution < -0.4 is 0 Å². The SMILES string of the molecule is CC1CCCCCC1OC(=O)CCCCC(=O)OC1CCCCCC1C. The van der Waals surface area contributed by atoms with Crippen LogP contribution >= 0.6 is 0 Å². The average Bonchev–Trinajstić information content (AvgIpc) is 2.93. The van der Waals surface area contributed by atoms with Crippen molar-refractivity contribution < 1.29 is 19.1 Å². The van der Waals surface area contributed by atoms with Gasteiger partial charge in [0.05, 0.1) is 0 Å². The van der Waals surface area contributed by atoms with Crippen LogP contribution in [0, 0.1) is 11.8 Å². The van der Waals surface area contributed by atoms with Crippen LogP contribution in [-0.2, 0) is 19.1 Å². The Kier molecular flexibility index (Phi) is 9.49. The molecule has 0 aliphatic heterocycles. The summed E-state index contributed by atoms with van der Waals surface area (Å²) in [6.45, 7) is 4.38. The fraction of sp³-hybridized carbons (Fsp3) is 0.909. The van der Waals surface area contributed by atoms with Crippen LogP contribution in [0.5, 0.6) is 0 Å². The van der Waals surface area contributed by atoms with Crippen LogP contribution in [0.15, 0.2) is 0 Å². The summed E-state index contributed by atoms with van der Waals surface area (Å²) in [5.74, 6) is 0.736. The van der Waals surface area contributed by atoms with Gasteiger partial charge in [-0.1, -0.05) is 39.5 Å². The Hall–Kier alpha value is -1.06. The number of carbonyl (C=O) groups is 2. The largest absolute Gasteiger partial charge is 0.462 e. The molecule has 0 aromatic carbocycles. The molecule has 0 saturated heterocycles. The van der Waals surface area contributed by atoms with Gasteiger partial charge in [0.1, 0.15) is 12.2 Å². The van der Waals surface area contributed by atoms with Crippen molar-refractivity contribution in [1.82, 2.24) is 0 Å². The van der Waals surface area contributed by atoms with Gasteiger partial charge in [-0.25, -0.2) is 0 Å². The highest BCUT2D eigenvalue weighted by Crippen LogP contribution is 2.27. The molecule has 4 unspecified atom stereocenters. The van der Waals surface area contributed by atoms with Crippen LogP contribution in [0.4, 0.5) is 0 Å². The van der Waals surface area contributed by atoms with E-state index in [0.717, 1.165) is 38.5 Å². The summed E-state index contributed by atoms with van der Waals surface area (Å²) in [7, 11) is 0. The summed E-state index contributed by atoms with van der Waals surface area (Å²) in [5.41, 5.74) is 0. The van der Waals surface area contributed by atoms with Gasteiger partial charge < -0.3 is 9.47 Å². The molecule has 26 heavy (non-hydrogen) atoms. The highest BCUT2D eigenvalue weighted by molar-refractivity contribution is 5.70. The third kappa shape index (κ3) is 7.67. The Labute approximate surface area is 159 Å². The third-order valence-corrected chi connectivity index (χ3v) is 6.14. The van der Waals surface area contributed by atoms with Gasteiger partial charge in [0, 0.05) is 12.8 Å². The zero-order chi connectivity index (χ0) is 18.8. The maximum Gasteiger partial charge on any atom is 0.306 e. The maximum atomic E-state index is 12.1. The van der Waals surface area contributed by atoms with Crippen LogP contribution in [0.1, 0.15) is 104 Å². The molecule has 0 radical (unpaired) electrons. The number of hydrogen-bond acceptors (Lipinski definition) is 4. The zero-order valence-electron chi connectivity index (χ0n) is 16.8. The molecular weight excluding hydrogens is 328 g/mol. The summed E-state index contributed by atoms with van der Waals surface area (Å²) in [4.78, 5) is 24.1. The molecule has 2 rings (SSSR count). The Morgan fingerprint density at radius 1 is 0.654 bits per heavy atom. The van der Waals surface area contributed by atoms with Gasteiger partial charge in [0.2, 0.25) is 0 Å². The van der Waals surface area contributed by atoms with E-state index in [1.807, 2.05) is 0 Å². The van der Waals surface area contributed by atoms with E-state index in [2.05, 4.69) is 13.8 Å². The summed E-state index contributed by atoms with van der Waals surface area (Å²) in [6, 6.07) is 0. The molecule has 2 aliphatic rings. The van der Waals surface area contributed by atoms with Crippen molar-refractivity contribution in [1.29, 1.82) is 0 Å². The standard InChI is InChI=1S/C22H38O4/c1-17-11-5-3-7-13-19(17)25-21(23)15-9-10-16-22(24)26-20-14-8-4-6-12-18(20)2/h17-20H,3-16H2,1-2H3. The molecule has 150 valence electrons. The molecule has 0 heterocycles. The van der Waals surface area contributed by atoms with E-state index in [4.69, 9.17) is 9.47 Å². The number of rotatable bonds is 7. The first kappa shape index (κ1) is 21.2. The van der Waals surface area contributed by atoms with E-state index >= 15 is 0 Å².